The Bertz CT molecular complexity index is 456. The fraction of sp³-hybridized carbons (Fsp3) is 0.462. The summed E-state index contributed by atoms with van der Waals surface area (Å²) < 4.78 is 28.5. The average Bonchev–Trinajstić information content (AvgIpc) is 2.78. The number of alkyl halides is 2. The molecule has 1 saturated heterocycles. The maximum atomic E-state index is 12.1. The van der Waals surface area contributed by atoms with E-state index in [1.54, 1.807) is 28.8 Å². The van der Waals surface area contributed by atoms with Gasteiger partial charge in [-0.1, -0.05) is 12.1 Å². The van der Waals surface area contributed by atoms with Gasteiger partial charge in [0.25, 0.3) is 0 Å². The number of thioether (sulfide) groups is 1. The van der Waals surface area contributed by atoms with Crippen LogP contribution in [0.25, 0.3) is 0 Å². The Kier molecular flexibility index (Phi) is 5.19. The predicted molar refractivity (Wildman–Crippen MR) is 73.9 cm³/mol. The summed E-state index contributed by atoms with van der Waals surface area (Å²) in [6.45, 7) is -1.87. The molecule has 1 aliphatic rings. The second-order valence-electron chi connectivity index (χ2n) is 4.31. The first kappa shape index (κ1) is 15.1. The Hall–Kier alpha value is -1.34. The molecule has 0 aliphatic carbocycles. The summed E-state index contributed by atoms with van der Waals surface area (Å²) in [5.41, 5.74) is 0.860. The van der Waals surface area contributed by atoms with Gasteiger partial charge in [-0.3, -0.25) is 10.1 Å². The number of amides is 1. The van der Waals surface area contributed by atoms with Crippen molar-refractivity contribution in [2.75, 3.05) is 25.1 Å². The SMILES string of the molecule is CSCCN1C(=O)CNC1c1ccc(OC(F)F)cc1. The van der Waals surface area contributed by atoms with Gasteiger partial charge in [0.1, 0.15) is 11.9 Å². The zero-order chi connectivity index (χ0) is 14.5. The lowest BCUT2D eigenvalue weighted by Gasteiger charge is -2.24. The van der Waals surface area contributed by atoms with Gasteiger partial charge in [0.15, 0.2) is 0 Å². The number of ether oxygens (including phenoxy) is 1. The molecule has 1 aromatic carbocycles. The standard InChI is InChI=1S/C13H16F2N2O2S/c1-20-7-6-17-11(18)8-16-12(17)9-2-4-10(5-3-9)19-13(14)15/h2-5,12-13,16H,6-8H2,1H3. The van der Waals surface area contributed by atoms with Crippen LogP contribution < -0.4 is 10.1 Å². The molecule has 1 amide bonds. The molecular formula is C13H16F2N2O2S. The number of hydrogen-bond acceptors (Lipinski definition) is 4. The monoisotopic (exact) mass is 302 g/mol. The molecule has 0 spiro atoms. The fourth-order valence-electron chi connectivity index (χ4n) is 2.11. The number of carbonyl (C=O) groups excluding carboxylic acids is 1. The van der Waals surface area contributed by atoms with Crippen LogP contribution in [-0.4, -0.2) is 42.5 Å². The molecule has 1 aromatic rings. The molecule has 110 valence electrons. The third-order valence-corrected chi connectivity index (χ3v) is 3.63. The van der Waals surface area contributed by atoms with Crippen molar-refractivity contribution in [3.63, 3.8) is 0 Å². The Morgan fingerprint density at radius 1 is 1.45 bits per heavy atom. The van der Waals surface area contributed by atoms with Crippen molar-refractivity contribution >= 4 is 17.7 Å². The van der Waals surface area contributed by atoms with Gasteiger partial charge in [-0.25, -0.2) is 0 Å². The van der Waals surface area contributed by atoms with Crippen LogP contribution in [-0.2, 0) is 4.79 Å². The lowest BCUT2D eigenvalue weighted by atomic mass is 10.1. The van der Waals surface area contributed by atoms with Crippen molar-refractivity contribution in [3.05, 3.63) is 29.8 Å². The smallest absolute Gasteiger partial charge is 0.387 e. The second-order valence-corrected chi connectivity index (χ2v) is 5.30. The van der Waals surface area contributed by atoms with Crippen LogP contribution in [0.3, 0.4) is 0 Å². The second kappa shape index (κ2) is 6.90. The van der Waals surface area contributed by atoms with E-state index in [0.29, 0.717) is 13.1 Å². The van der Waals surface area contributed by atoms with E-state index in [-0.39, 0.29) is 17.8 Å². The van der Waals surface area contributed by atoms with Crippen LogP contribution in [0.5, 0.6) is 5.75 Å². The van der Waals surface area contributed by atoms with Gasteiger partial charge < -0.3 is 9.64 Å². The number of nitrogens with zero attached hydrogens (tertiary/aromatic N) is 1. The van der Waals surface area contributed by atoms with E-state index in [1.165, 1.54) is 12.1 Å². The summed E-state index contributed by atoms with van der Waals surface area (Å²) in [4.78, 5) is 13.6. The van der Waals surface area contributed by atoms with Crippen molar-refractivity contribution in [1.82, 2.24) is 10.2 Å². The lowest BCUT2D eigenvalue weighted by molar-refractivity contribution is -0.127. The molecule has 20 heavy (non-hydrogen) atoms. The summed E-state index contributed by atoms with van der Waals surface area (Å²) in [6.07, 6.45) is 1.79. The lowest BCUT2D eigenvalue weighted by Crippen LogP contribution is -2.32. The molecule has 1 atom stereocenters. The van der Waals surface area contributed by atoms with E-state index in [0.717, 1.165) is 11.3 Å². The first-order chi connectivity index (χ1) is 9.61. The minimum absolute atomic E-state index is 0.0527. The van der Waals surface area contributed by atoms with Crippen LogP contribution in [0.2, 0.25) is 0 Å². The Morgan fingerprint density at radius 3 is 2.75 bits per heavy atom. The van der Waals surface area contributed by atoms with E-state index in [9.17, 15) is 13.6 Å². The van der Waals surface area contributed by atoms with Crippen molar-refractivity contribution in [1.29, 1.82) is 0 Å². The van der Waals surface area contributed by atoms with E-state index in [1.807, 2.05) is 6.26 Å². The first-order valence-corrected chi connectivity index (χ1v) is 7.58. The minimum Gasteiger partial charge on any atom is -0.435 e. The molecule has 1 unspecified atom stereocenters. The summed E-state index contributed by atoms with van der Waals surface area (Å²) >= 11 is 1.67. The molecule has 7 heteroatoms. The highest BCUT2D eigenvalue weighted by molar-refractivity contribution is 7.98. The van der Waals surface area contributed by atoms with Crippen molar-refractivity contribution in [3.8, 4) is 5.75 Å². The number of carbonyl (C=O) groups is 1. The molecule has 0 radical (unpaired) electrons. The summed E-state index contributed by atoms with van der Waals surface area (Å²) in [6, 6.07) is 6.36. The maximum absolute atomic E-state index is 12.1. The zero-order valence-corrected chi connectivity index (χ0v) is 11.8. The molecule has 1 N–H and O–H groups in total. The van der Waals surface area contributed by atoms with E-state index >= 15 is 0 Å². The van der Waals surface area contributed by atoms with Crippen LogP contribution in [0.1, 0.15) is 11.7 Å². The molecule has 1 fully saturated rings. The fourth-order valence-corrected chi connectivity index (χ4v) is 2.49. The third-order valence-electron chi connectivity index (χ3n) is 3.04. The van der Waals surface area contributed by atoms with Crippen LogP contribution in [0.15, 0.2) is 24.3 Å². The molecule has 4 nitrogen and oxygen atoms in total. The van der Waals surface area contributed by atoms with Crippen LogP contribution in [0.4, 0.5) is 8.78 Å². The highest BCUT2D eigenvalue weighted by atomic mass is 32.2. The Labute approximate surface area is 120 Å². The predicted octanol–water partition coefficient (Wildman–Crippen LogP) is 2.08. The van der Waals surface area contributed by atoms with Crippen molar-refractivity contribution in [2.45, 2.75) is 12.8 Å². The van der Waals surface area contributed by atoms with Gasteiger partial charge in [0, 0.05) is 12.3 Å². The minimum atomic E-state index is -2.83. The van der Waals surface area contributed by atoms with Gasteiger partial charge in [-0.15, -0.1) is 0 Å². The number of halogens is 2. The number of nitrogens with one attached hydrogen (secondary N) is 1. The Morgan fingerprint density at radius 2 is 2.15 bits per heavy atom. The van der Waals surface area contributed by atoms with E-state index in [2.05, 4.69) is 10.1 Å². The van der Waals surface area contributed by atoms with Gasteiger partial charge in [0.05, 0.1) is 6.54 Å². The summed E-state index contributed by atoms with van der Waals surface area (Å²) in [5.74, 6) is 1.02. The molecule has 2 rings (SSSR count). The molecule has 0 aromatic heterocycles. The highest BCUT2D eigenvalue weighted by Crippen LogP contribution is 2.25. The summed E-state index contributed by atoms with van der Waals surface area (Å²) in [7, 11) is 0. The number of hydrogen-bond donors (Lipinski definition) is 1. The van der Waals surface area contributed by atoms with Crippen LogP contribution in [0, 0.1) is 0 Å². The topological polar surface area (TPSA) is 41.6 Å². The molecule has 1 heterocycles. The van der Waals surface area contributed by atoms with Gasteiger partial charge >= 0.3 is 6.61 Å². The quantitative estimate of drug-likeness (QED) is 0.873. The maximum Gasteiger partial charge on any atom is 0.387 e. The van der Waals surface area contributed by atoms with Crippen molar-refractivity contribution < 1.29 is 18.3 Å². The molecular weight excluding hydrogens is 286 g/mol. The highest BCUT2D eigenvalue weighted by Gasteiger charge is 2.30. The largest absolute Gasteiger partial charge is 0.435 e. The molecule has 0 saturated carbocycles. The van der Waals surface area contributed by atoms with E-state index < -0.39 is 6.61 Å². The Balaban J connectivity index is 2.07. The average molecular weight is 302 g/mol. The third kappa shape index (κ3) is 3.61. The zero-order valence-electron chi connectivity index (χ0n) is 11.0. The van der Waals surface area contributed by atoms with Crippen molar-refractivity contribution in [2.24, 2.45) is 0 Å². The van der Waals surface area contributed by atoms with E-state index in [4.69, 9.17) is 0 Å². The van der Waals surface area contributed by atoms with Gasteiger partial charge in [-0.2, -0.15) is 20.5 Å². The summed E-state index contributed by atoms with van der Waals surface area (Å²) in [5, 5.41) is 3.12. The van der Waals surface area contributed by atoms with Gasteiger partial charge in [0.2, 0.25) is 5.91 Å². The van der Waals surface area contributed by atoms with Gasteiger partial charge in [-0.05, 0) is 24.0 Å². The normalized spacial score (nSPS) is 18.9. The molecule has 0 bridgehead atoms. The first-order valence-electron chi connectivity index (χ1n) is 6.18. The molecule has 1 aliphatic heterocycles. The number of rotatable bonds is 6. The number of benzene rings is 1. The van der Waals surface area contributed by atoms with Crippen LogP contribution >= 0.6 is 11.8 Å².